The van der Waals surface area contributed by atoms with Crippen molar-refractivity contribution in [3.05, 3.63) is 106 Å². The van der Waals surface area contributed by atoms with Crippen LogP contribution in [-0.2, 0) is 0 Å². The van der Waals surface area contributed by atoms with Crippen LogP contribution in [0.25, 0.3) is 5.69 Å². The molecule has 3 aromatic carbocycles. The fraction of sp³-hybridized carbons (Fsp3) is 0.300. The lowest BCUT2D eigenvalue weighted by atomic mass is 10.2. The standard InChI is InChI=1S/C30H34N5O2P/c1-23-18-19-27(35(36)37)22-29(23)32-38(28-16-10-7-11-17-28,33-20-12-4-5-13-21-33)30-24(2)31-34(25(30)3)26-14-8-6-9-15-26/h6-11,14-19,22H,4-5,12-13,20-21H2,1-3H3/t38-/m0/s1. The van der Waals surface area contributed by atoms with Gasteiger partial charge in [-0.2, -0.15) is 5.10 Å². The van der Waals surface area contributed by atoms with Crippen molar-refractivity contribution in [1.82, 2.24) is 14.5 Å². The van der Waals surface area contributed by atoms with Crippen LogP contribution in [0.3, 0.4) is 0 Å². The number of non-ortho nitro benzene ring substituents is 1. The van der Waals surface area contributed by atoms with Gasteiger partial charge in [-0.25, -0.2) is 9.43 Å². The van der Waals surface area contributed by atoms with E-state index in [4.69, 9.17) is 9.84 Å². The molecule has 0 aliphatic carbocycles. The third-order valence-electron chi connectivity index (χ3n) is 7.33. The van der Waals surface area contributed by atoms with E-state index in [1.54, 1.807) is 12.1 Å². The molecule has 1 atom stereocenters. The van der Waals surface area contributed by atoms with Gasteiger partial charge in [0, 0.05) is 30.5 Å². The number of para-hydroxylation sites is 1. The average molecular weight is 528 g/mol. The molecule has 1 aromatic heterocycles. The van der Waals surface area contributed by atoms with E-state index < -0.39 is 7.21 Å². The zero-order valence-corrected chi connectivity index (χ0v) is 23.1. The molecule has 5 rings (SSSR count). The predicted octanol–water partition coefficient (Wildman–Crippen LogP) is 6.98. The van der Waals surface area contributed by atoms with E-state index >= 15 is 0 Å². The minimum absolute atomic E-state index is 0.0600. The van der Waals surface area contributed by atoms with Crippen LogP contribution < -0.4 is 10.6 Å². The van der Waals surface area contributed by atoms with Gasteiger partial charge in [0.2, 0.25) is 0 Å². The first-order chi connectivity index (χ1) is 18.4. The van der Waals surface area contributed by atoms with Crippen molar-refractivity contribution in [3.63, 3.8) is 0 Å². The van der Waals surface area contributed by atoms with Gasteiger partial charge in [-0.1, -0.05) is 67.4 Å². The van der Waals surface area contributed by atoms with Gasteiger partial charge in [-0.3, -0.25) is 14.8 Å². The van der Waals surface area contributed by atoms with Crippen LogP contribution in [0, 0.1) is 30.9 Å². The molecule has 0 bridgehead atoms. The molecule has 0 spiro atoms. The van der Waals surface area contributed by atoms with Crippen LogP contribution in [0.15, 0.2) is 83.6 Å². The largest absolute Gasteiger partial charge is 0.271 e. The van der Waals surface area contributed by atoms with Crippen molar-refractivity contribution >= 4 is 29.2 Å². The maximum absolute atomic E-state index is 11.7. The molecule has 1 fully saturated rings. The molecule has 0 amide bonds. The number of hydrogen-bond donors (Lipinski definition) is 0. The topological polar surface area (TPSA) is 76.6 Å². The third-order valence-corrected chi connectivity index (χ3v) is 11.3. The molecule has 196 valence electrons. The Morgan fingerprint density at radius 2 is 1.50 bits per heavy atom. The smallest absolute Gasteiger partial charge is 0.262 e. The SMILES string of the molecule is Cc1ccc([N+](=O)[O-])cc1N=[P@](c1ccccc1)(c1c(C)nn(-c2ccccc2)c1C)N1CCCCCC1. The first-order valence-corrected chi connectivity index (χ1v) is 14.9. The number of nitrogens with zero attached hydrogens (tertiary/aromatic N) is 5. The lowest BCUT2D eigenvalue weighted by Crippen LogP contribution is -2.35. The van der Waals surface area contributed by atoms with Crippen molar-refractivity contribution < 1.29 is 4.92 Å². The van der Waals surface area contributed by atoms with E-state index in [0.29, 0.717) is 5.69 Å². The lowest BCUT2D eigenvalue weighted by Gasteiger charge is -2.37. The lowest BCUT2D eigenvalue weighted by molar-refractivity contribution is -0.384. The highest BCUT2D eigenvalue weighted by atomic mass is 31.2. The molecule has 7 nitrogen and oxygen atoms in total. The van der Waals surface area contributed by atoms with E-state index in [1.165, 1.54) is 12.8 Å². The van der Waals surface area contributed by atoms with E-state index in [-0.39, 0.29) is 10.6 Å². The van der Waals surface area contributed by atoms with Crippen LogP contribution in [-0.4, -0.2) is 32.5 Å². The highest BCUT2D eigenvalue weighted by Crippen LogP contribution is 2.56. The number of hydrogen-bond acceptors (Lipinski definition) is 4. The molecule has 0 unspecified atom stereocenters. The predicted molar refractivity (Wildman–Crippen MR) is 156 cm³/mol. The summed E-state index contributed by atoms with van der Waals surface area (Å²) in [7, 11) is -2.63. The highest BCUT2D eigenvalue weighted by molar-refractivity contribution is 7.79. The second kappa shape index (κ2) is 11.1. The molecule has 8 heteroatoms. The van der Waals surface area contributed by atoms with Crippen molar-refractivity contribution in [2.24, 2.45) is 4.74 Å². The maximum Gasteiger partial charge on any atom is 0.271 e. The Morgan fingerprint density at radius 3 is 2.13 bits per heavy atom. The minimum atomic E-state index is -2.63. The van der Waals surface area contributed by atoms with Crippen LogP contribution in [0.5, 0.6) is 0 Å². The van der Waals surface area contributed by atoms with Gasteiger partial charge in [-0.05, 0) is 51.3 Å². The second-order valence-electron chi connectivity index (χ2n) is 9.90. The molecular weight excluding hydrogens is 493 g/mol. The summed E-state index contributed by atoms with van der Waals surface area (Å²) in [5.74, 6) is 0. The molecule has 1 aliphatic heterocycles. The summed E-state index contributed by atoms with van der Waals surface area (Å²) in [6, 6.07) is 25.7. The van der Waals surface area contributed by atoms with Crippen LogP contribution in [0.1, 0.15) is 42.6 Å². The summed E-state index contributed by atoms with van der Waals surface area (Å²) in [6.07, 6.45) is 4.59. The number of nitro groups is 1. The fourth-order valence-corrected chi connectivity index (χ4v) is 9.69. The van der Waals surface area contributed by atoms with E-state index in [2.05, 4.69) is 54.9 Å². The summed E-state index contributed by atoms with van der Waals surface area (Å²) in [4.78, 5) is 11.4. The second-order valence-corrected chi connectivity index (χ2v) is 12.8. The maximum atomic E-state index is 11.7. The summed E-state index contributed by atoms with van der Waals surface area (Å²) >= 11 is 0. The molecule has 0 saturated carbocycles. The van der Waals surface area contributed by atoms with E-state index in [9.17, 15) is 10.1 Å². The molecule has 1 saturated heterocycles. The Bertz CT molecular complexity index is 1490. The highest BCUT2D eigenvalue weighted by Gasteiger charge is 2.38. The zero-order chi connectivity index (χ0) is 26.7. The summed E-state index contributed by atoms with van der Waals surface area (Å²) in [6.45, 7) is 8.05. The van der Waals surface area contributed by atoms with Gasteiger partial charge in [0.25, 0.3) is 5.69 Å². The van der Waals surface area contributed by atoms with Crippen molar-refractivity contribution in [2.75, 3.05) is 13.1 Å². The quantitative estimate of drug-likeness (QED) is 0.154. The summed E-state index contributed by atoms with van der Waals surface area (Å²) in [5.41, 5.74) is 4.67. The Labute approximate surface area is 224 Å². The fourth-order valence-electron chi connectivity index (χ4n) is 5.47. The van der Waals surface area contributed by atoms with E-state index in [0.717, 1.165) is 59.2 Å². The van der Waals surface area contributed by atoms with Gasteiger partial charge in [0.1, 0.15) is 0 Å². The molecule has 0 radical (unpaired) electrons. The van der Waals surface area contributed by atoms with Crippen molar-refractivity contribution in [1.29, 1.82) is 0 Å². The third kappa shape index (κ3) is 4.84. The molecule has 1 aliphatic rings. The van der Waals surface area contributed by atoms with Crippen molar-refractivity contribution in [3.8, 4) is 5.69 Å². The summed E-state index contributed by atoms with van der Waals surface area (Å²) < 4.78 is 10.3. The van der Waals surface area contributed by atoms with Gasteiger partial charge >= 0.3 is 0 Å². The number of nitro benzene ring substituents is 1. The molecule has 4 aromatic rings. The zero-order valence-electron chi connectivity index (χ0n) is 22.2. The Hall–Kier alpha value is -3.54. The Balaban J connectivity index is 1.90. The number of benzene rings is 3. The molecular formula is C30H34N5O2P. The normalized spacial score (nSPS) is 16.0. The molecule has 2 heterocycles. The molecule has 0 N–H and O–H groups in total. The number of rotatable bonds is 6. The van der Waals surface area contributed by atoms with E-state index in [1.807, 2.05) is 41.9 Å². The summed E-state index contributed by atoms with van der Waals surface area (Å²) in [5, 5.41) is 19.1. The first kappa shape index (κ1) is 26.1. The Morgan fingerprint density at radius 1 is 0.868 bits per heavy atom. The van der Waals surface area contributed by atoms with Gasteiger partial charge < -0.3 is 0 Å². The first-order valence-electron chi connectivity index (χ1n) is 13.2. The van der Waals surface area contributed by atoms with Crippen LogP contribution >= 0.6 is 7.21 Å². The monoisotopic (exact) mass is 527 g/mol. The molecule has 38 heavy (non-hydrogen) atoms. The average Bonchev–Trinajstić information content (AvgIpc) is 3.09. The van der Waals surface area contributed by atoms with Gasteiger partial charge in [-0.15, -0.1) is 0 Å². The number of aromatic nitrogens is 2. The van der Waals surface area contributed by atoms with Crippen LogP contribution in [0.4, 0.5) is 11.4 Å². The number of aryl methyl sites for hydroxylation is 2. The van der Waals surface area contributed by atoms with Crippen LogP contribution in [0.2, 0.25) is 0 Å². The van der Waals surface area contributed by atoms with Gasteiger partial charge in [0.05, 0.1) is 40.2 Å². The minimum Gasteiger partial charge on any atom is -0.262 e. The van der Waals surface area contributed by atoms with Gasteiger partial charge in [0.15, 0.2) is 0 Å². The Kier molecular flexibility index (Phi) is 7.59. The van der Waals surface area contributed by atoms with Crippen molar-refractivity contribution in [2.45, 2.75) is 46.5 Å².